The number of thiazole rings is 1. The maximum absolute atomic E-state index is 12.7. The first-order valence-electron chi connectivity index (χ1n) is 8.56. The molecule has 0 N–H and O–H groups in total. The zero-order chi connectivity index (χ0) is 17.8. The fourth-order valence-corrected chi connectivity index (χ4v) is 5.25. The molecule has 1 saturated heterocycles. The van der Waals surface area contributed by atoms with Gasteiger partial charge in [0.15, 0.2) is 4.34 Å². The summed E-state index contributed by atoms with van der Waals surface area (Å²) < 4.78 is 7.14. The molecule has 2 aromatic rings. The summed E-state index contributed by atoms with van der Waals surface area (Å²) in [4.78, 5) is 30.9. The average Bonchev–Trinajstić information content (AvgIpc) is 3.03. The van der Waals surface area contributed by atoms with E-state index < -0.39 is 0 Å². The second kappa shape index (κ2) is 8.19. The van der Waals surface area contributed by atoms with E-state index in [-0.39, 0.29) is 23.0 Å². The van der Waals surface area contributed by atoms with Gasteiger partial charge in [0.25, 0.3) is 0 Å². The van der Waals surface area contributed by atoms with Crippen molar-refractivity contribution < 1.29 is 14.3 Å². The van der Waals surface area contributed by atoms with Crippen LogP contribution < -0.4 is 0 Å². The number of aromatic nitrogens is 1. The lowest BCUT2D eigenvalue weighted by Crippen LogP contribution is -2.43. The summed E-state index contributed by atoms with van der Waals surface area (Å²) in [5.41, 5.74) is 0.977. The van der Waals surface area contributed by atoms with E-state index in [4.69, 9.17) is 4.74 Å². The van der Waals surface area contributed by atoms with Crippen molar-refractivity contribution in [2.45, 2.75) is 36.3 Å². The van der Waals surface area contributed by atoms with Gasteiger partial charge in [-0.2, -0.15) is 0 Å². The molecule has 5 nitrogen and oxygen atoms in total. The van der Waals surface area contributed by atoms with E-state index in [1.54, 1.807) is 11.3 Å². The lowest BCUT2D eigenvalue weighted by Gasteiger charge is -2.32. The van der Waals surface area contributed by atoms with Crippen molar-refractivity contribution in [2.24, 2.45) is 5.92 Å². The minimum absolute atomic E-state index is 0.0729. The number of carbonyl (C=O) groups is 2. The topological polar surface area (TPSA) is 59.5 Å². The third-order valence-corrected chi connectivity index (χ3v) is 6.54. The number of amides is 1. The second-order valence-electron chi connectivity index (χ2n) is 6.06. The molecule has 0 radical (unpaired) electrons. The van der Waals surface area contributed by atoms with Crippen LogP contribution in [0.5, 0.6) is 0 Å². The van der Waals surface area contributed by atoms with Gasteiger partial charge in [0, 0.05) is 13.1 Å². The highest BCUT2D eigenvalue weighted by Gasteiger charge is 2.30. The van der Waals surface area contributed by atoms with E-state index in [2.05, 4.69) is 4.98 Å². The molecular weight excluding hydrogens is 356 g/mol. The molecule has 25 heavy (non-hydrogen) atoms. The van der Waals surface area contributed by atoms with E-state index >= 15 is 0 Å². The maximum Gasteiger partial charge on any atom is 0.309 e. The number of para-hydroxylation sites is 1. The van der Waals surface area contributed by atoms with Crippen LogP contribution in [0, 0.1) is 5.92 Å². The standard InChI is InChI=1S/C18H22N2O3S2/c1-3-23-17(22)13-8-10-20(11-9-13)16(21)12(2)24-18-19-14-6-4-5-7-15(14)25-18/h4-7,12-13H,3,8-11H2,1-2H3/t12-/m1/s1. The van der Waals surface area contributed by atoms with Crippen molar-refractivity contribution in [1.82, 2.24) is 9.88 Å². The molecule has 1 aliphatic rings. The number of carbonyl (C=O) groups excluding carboxylic acids is 2. The van der Waals surface area contributed by atoms with Gasteiger partial charge >= 0.3 is 5.97 Å². The SMILES string of the molecule is CCOC(=O)C1CCN(C(=O)[C@@H](C)Sc2nc3ccccc3s2)CC1. The van der Waals surface area contributed by atoms with Crippen molar-refractivity contribution in [3.8, 4) is 0 Å². The van der Waals surface area contributed by atoms with Crippen LogP contribution in [0.15, 0.2) is 28.6 Å². The lowest BCUT2D eigenvalue weighted by molar-refractivity contribution is -0.151. The zero-order valence-electron chi connectivity index (χ0n) is 14.4. The summed E-state index contributed by atoms with van der Waals surface area (Å²) in [7, 11) is 0. The number of thioether (sulfide) groups is 1. The molecule has 134 valence electrons. The predicted octanol–water partition coefficient (Wildman–Crippen LogP) is 3.58. The molecule has 1 aromatic heterocycles. The van der Waals surface area contributed by atoms with Crippen LogP contribution in [0.1, 0.15) is 26.7 Å². The Morgan fingerprint density at radius 3 is 2.76 bits per heavy atom. The number of benzene rings is 1. The molecule has 0 bridgehead atoms. The first-order valence-corrected chi connectivity index (χ1v) is 10.3. The average molecular weight is 379 g/mol. The van der Waals surface area contributed by atoms with Crippen molar-refractivity contribution >= 4 is 45.2 Å². The quantitative estimate of drug-likeness (QED) is 0.588. The van der Waals surface area contributed by atoms with Crippen LogP contribution in [-0.4, -0.2) is 46.7 Å². The number of esters is 1. The Morgan fingerprint density at radius 1 is 1.36 bits per heavy atom. The van der Waals surface area contributed by atoms with E-state index in [1.807, 2.05) is 43.0 Å². The fraction of sp³-hybridized carbons (Fsp3) is 0.500. The normalized spacial score (nSPS) is 16.8. The van der Waals surface area contributed by atoms with Crippen LogP contribution in [0.2, 0.25) is 0 Å². The molecule has 1 amide bonds. The number of hydrogen-bond acceptors (Lipinski definition) is 6. The molecule has 0 saturated carbocycles. The minimum atomic E-state index is -0.181. The van der Waals surface area contributed by atoms with Gasteiger partial charge in [0.1, 0.15) is 0 Å². The Morgan fingerprint density at radius 2 is 2.08 bits per heavy atom. The number of fused-ring (bicyclic) bond motifs is 1. The second-order valence-corrected chi connectivity index (χ2v) is 8.68. The molecule has 0 spiro atoms. The molecule has 7 heteroatoms. The summed E-state index contributed by atoms with van der Waals surface area (Å²) in [5, 5.41) is -0.181. The van der Waals surface area contributed by atoms with E-state index in [1.165, 1.54) is 11.8 Å². The largest absolute Gasteiger partial charge is 0.466 e. The van der Waals surface area contributed by atoms with Crippen molar-refractivity contribution in [3.05, 3.63) is 24.3 Å². The Kier molecular flexibility index (Phi) is 5.96. The van der Waals surface area contributed by atoms with Gasteiger partial charge in [-0.15, -0.1) is 11.3 Å². The third kappa shape index (κ3) is 4.33. The van der Waals surface area contributed by atoms with Crippen LogP contribution in [0.25, 0.3) is 10.2 Å². The molecule has 1 aliphatic heterocycles. The Hall–Kier alpha value is -1.60. The Labute approximate surface area is 155 Å². The van der Waals surface area contributed by atoms with Crippen LogP contribution in [0.4, 0.5) is 0 Å². The zero-order valence-corrected chi connectivity index (χ0v) is 16.1. The number of hydrogen-bond donors (Lipinski definition) is 0. The Balaban J connectivity index is 1.55. The number of piperidine rings is 1. The summed E-state index contributed by atoms with van der Waals surface area (Å²) in [6.07, 6.45) is 1.37. The van der Waals surface area contributed by atoms with Gasteiger partial charge in [-0.25, -0.2) is 4.98 Å². The number of ether oxygens (including phenoxy) is 1. The molecule has 0 aliphatic carbocycles. The van der Waals surface area contributed by atoms with Crippen LogP contribution in [-0.2, 0) is 14.3 Å². The molecule has 0 unspecified atom stereocenters. The summed E-state index contributed by atoms with van der Waals surface area (Å²) in [6, 6.07) is 8.00. The first kappa shape index (κ1) is 18.2. The highest BCUT2D eigenvalue weighted by molar-refractivity contribution is 8.02. The highest BCUT2D eigenvalue weighted by atomic mass is 32.2. The summed E-state index contributed by atoms with van der Waals surface area (Å²) >= 11 is 3.13. The molecule has 1 aromatic carbocycles. The van der Waals surface area contributed by atoms with Gasteiger partial charge in [-0.1, -0.05) is 23.9 Å². The molecular formula is C18H22N2O3S2. The maximum atomic E-state index is 12.7. The predicted molar refractivity (Wildman–Crippen MR) is 101 cm³/mol. The van der Waals surface area contributed by atoms with Gasteiger partial charge in [-0.3, -0.25) is 9.59 Å². The summed E-state index contributed by atoms with van der Waals surface area (Å²) in [5.74, 6) is -0.0886. The Bertz CT molecular complexity index is 721. The summed E-state index contributed by atoms with van der Waals surface area (Å²) in [6.45, 7) is 5.39. The number of rotatable bonds is 5. The fourth-order valence-electron chi connectivity index (χ4n) is 2.96. The number of likely N-dealkylation sites (tertiary alicyclic amines) is 1. The molecule has 1 fully saturated rings. The molecule has 1 atom stereocenters. The highest BCUT2D eigenvalue weighted by Crippen LogP contribution is 2.33. The smallest absolute Gasteiger partial charge is 0.309 e. The monoisotopic (exact) mass is 378 g/mol. The van der Waals surface area contributed by atoms with E-state index in [0.29, 0.717) is 32.5 Å². The van der Waals surface area contributed by atoms with Gasteiger partial charge in [-0.05, 0) is 38.8 Å². The van der Waals surface area contributed by atoms with E-state index in [9.17, 15) is 9.59 Å². The molecule has 2 heterocycles. The number of nitrogens with zero attached hydrogens (tertiary/aromatic N) is 2. The van der Waals surface area contributed by atoms with Gasteiger partial charge in [0.05, 0.1) is 28.0 Å². The van der Waals surface area contributed by atoms with Gasteiger partial charge < -0.3 is 9.64 Å². The van der Waals surface area contributed by atoms with Gasteiger partial charge in [0.2, 0.25) is 5.91 Å². The first-order chi connectivity index (χ1) is 12.1. The minimum Gasteiger partial charge on any atom is -0.466 e. The van der Waals surface area contributed by atoms with Crippen molar-refractivity contribution in [3.63, 3.8) is 0 Å². The van der Waals surface area contributed by atoms with E-state index in [0.717, 1.165) is 14.6 Å². The third-order valence-electron chi connectivity index (χ3n) is 4.33. The lowest BCUT2D eigenvalue weighted by atomic mass is 9.97. The van der Waals surface area contributed by atoms with Crippen LogP contribution in [0.3, 0.4) is 0 Å². The van der Waals surface area contributed by atoms with Crippen molar-refractivity contribution in [2.75, 3.05) is 19.7 Å². The van der Waals surface area contributed by atoms with Crippen LogP contribution >= 0.6 is 23.1 Å². The van der Waals surface area contributed by atoms with Crippen molar-refractivity contribution in [1.29, 1.82) is 0 Å². The molecule has 3 rings (SSSR count).